The van der Waals surface area contributed by atoms with Crippen LogP contribution in [-0.2, 0) is 5.33 Å². The third-order valence-electron chi connectivity index (χ3n) is 1.39. The number of halogens is 1. The lowest BCUT2D eigenvalue weighted by molar-refractivity contribution is 0.602. The van der Waals surface area contributed by atoms with Crippen LogP contribution >= 0.6 is 15.9 Å². The van der Waals surface area contributed by atoms with Gasteiger partial charge in [-0.3, -0.25) is 0 Å². The van der Waals surface area contributed by atoms with Crippen LogP contribution in [0.4, 0.5) is 0 Å². The summed E-state index contributed by atoms with van der Waals surface area (Å²) in [6, 6.07) is 3.77. The van der Waals surface area contributed by atoms with Crippen LogP contribution in [0.3, 0.4) is 0 Å². The van der Waals surface area contributed by atoms with E-state index in [9.17, 15) is 0 Å². The van der Waals surface area contributed by atoms with E-state index in [0.717, 1.165) is 16.6 Å². The fourth-order valence-corrected chi connectivity index (χ4v) is 1.18. The number of hydrogen-bond donors (Lipinski definition) is 0. The Hall–Kier alpha value is -0.900. The number of aromatic nitrogens is 2. The zero-order valence-corrected chi connectivity index (χ0v) is 7.21. The first-order chi connectivity index (χ1) is 5.40. The van der Waals surface area contributed by atoms with E-state index < -0.39 is 0 Å². The van der Waals surface area contributed by atoms with Crippen LogP contribution in [-0.4, -0.2) is 9.97 Å². The summed E-state index contributed by atoms with van der Waals surface area (Å²) in [6.07, 6.45) is 1.40. The summed E-state index contributed by atoms with van der Waals surface area (Å²) in [4.78, 5) is 8.13. The minimum atomic E-state index is 0.668. The maximum absolute atomic E-state index is 5.03. The van der Waals surface area contributed by atoms with Crippen LogP contribution in [0.15, 0.2) is 22.9 Å². The second-order valence-corrected chi connectivity index (χ2v) is 2.67. The second kappa shape index (κ2) is 2.62. The van der Waals surface area contributed by atoms with E-state index in [4.69, 9.17) is 4.42 Å². The molecule has 11 heavy (non-hydrogen) atoms. The van der Waals surface area contributed by atoms with Gasteiger partial charge in [-0.05, 0) is 12.1 Å². The first kappa shape index (κ1) is 6.79. The van der Waals surface area contributed by atoms with Gasteiger partial charge in [-0.1, -0.05) is 15.9 Å². The van der Waals surface area contributed by atoms with Gasteiger partial charge in [0.1, 0.15) is 0 Å². The molecule has 56 valence electrons. The van der Waals surface area contributed by atoms with Gasteiger partial charge in [0.05, 0.1) is 5.69 Å². The Labute approximate surface area is 71.6 Å². The zero-order valence-electron chi connectivity index (χ0n) is 5.62. The van der Waals surface area contributed by atoms with Crippen LogP contribution < -0.4 is 0 Å². The lowest BCUT2D eigenvalue weighted by Gasteiger charge is -1.90. The Morgan fingerprint density at radius 2 is 2.36 bits per heavy atom. The zero-order chi connectivity index (χ0) is 7.68. The van der Waals surface area contributed by atoms with Crippen molar-refractivity contribution >= 4 is 27.2 Å². The van der Waals surface area contributed by atoms with Gasteiger partial charge in [0.15, 0.2) is 17.6 Å². The van der Waals surface area contributed by atoms with Crippen LogP contribution in [0.1, 0.15) is 5.69 Å². The Morgan fingerprint density at radius 3 is 3.18 bits per heavy atom. The minimum Gasteiger partial charge on any atom is -0.442 e. The molecule has 0 aliphatic carbocycles. The van der Waals surface area contributed by atoms with Crippen molar-refractivity contribution in [3.63, 3.8) is 0 Å². The van der Waals surface area contributed by atoms with E-state index in [0.29, 0.717) is 5.65 Å². The number of oxazole rings is 1. The van der Waals surface area contributed by atoms with Gasteiger partial charge >= 0.3 is 0 Å². The molecule has 2 aromatic rings. The molecule has 2 aromatic heterocycles. The van der Waals surface area contributed by atoms with Crippen molar-refractivity contribution in [1.82, 2.24) is 9.97 Å². The van der Waals surface area contributed by atoms with Crippen molar-refractivity contribution in [2.24, 2.45) is 0 Å². The van der Waals surface area contributed by atoms with E-state index >= 15 is 0 Å². The Balaban J connectivity index is 2.67. The molecule has 4 heteroatoms. The predicted molar refractivity (Wildman–Crippen MR) is 44.4 cm³/mol. The standard InChI is InChI=1S/C7H5BrN2O/c8-3-5-1-2-6-7(10-5)9-4-11-6/h1-2,4H,3H2. The quantitative estimate of drug-likeness (QED) is 0.681. The molecule has 0 fully saturated rings. The van der Waals surface area contributed by atoms with Gasteiger partial charge in [-0.15, -0.1) is 0 Å². The highest BCUT2D eigenvalue weighted by atomic mass is 79.9. The van der Waals surface area contributed by atoms with Gasteiger partial charge in [0.2, 0.25) is 0 Å². The number of hydrogen-bond acceptors (Lipinski definition) is 3. The summed E-state index contributed by atoms with van der Waals surface area (Å²) in [5.41, 5.74) is 2.36. The molecule has 3 nitrogen and oxygen atoms in total. The first-order valence-corrected chi connectivity index (χ1v) is 4.27. The van der Waals surface area contributed by atoms with Crippen LogP contribution in [0.25, 0.3) is 11.2 Å². The Morgan fingerprint density at radius 1 is 1.45 bits per heavy atom. The topological polar surface area (TPSA) is 38.9 Å². The fourth-order valence-electron chi connectivity index (χ4n) is 0.867. The summed E-state index contributed by atoms with van der Waals surface area (Å²) < 4.78 is 5.03. The third-order valence-corrected chi connectivity index (χ3v) is 1.96. The average Bonchev–Trinajstić information content (AvgIpc) is 2.50. The van der Waals surface area contributed by atoms with Crippen molar-refractivity contribution < 1.29 is 4.42 Å². The van der Waals surface area contributed by atoms with Gasteiger partial charge < -0.3 is 4.42 Å². The molecule has 0 bridgehead atoms. The minimum absolute atomic E-state index is 0.668. The number of alkyl halides is 1. The molecule has 2 heterocycles. The molecule has 0 saturated heterocycles. The monoisotopic (exact) mass is 212 g/mol. The normalized spacial score (nSPS) is 10.6. The highest BCUT2D eigenvalue weighted by Gasteiger charge is 1.99. The number of rotatable bonds is 1. The van der Waals surface area contributed by atoms with Crippen molar-refractivity contribution in [3.05, 3.63) is 24.2 Å². The summed E-state index contributed by atoms with van der Waals surface area (Å²) in [7, 11) is 0. The average molecular weight is 213 g/mol. The molecule has 0 N–H and O–H groups in total. The Kier molecular flexibility index (Phi) is 1.62. The van der Waals surface area contributed by atoms with Crippen LogP contribution in [0.2, 0.25) is 0 Å². The summed E-state index contributed by atoms with van der Waals surface area (Å²) >= 11 is 3.31. The third kappa shape index (κ3) is 1.14. The van der Waals surface area contributed by atoms with Crippen LogP contribution in [0.5, 0.6) is 0 Å². The highest BCUT2D eigenvalue weighted by molar-refractivity contribution is 9.08. The molecule has 0 aliphatic rings. The number of nitrogens with zero attached hydrogens (tertiary/aromatic N) is 2. The van der Waals surface area contributed by atoms with Crippen molar-refractivity contribution in [1.29, 1.82) is 0 Å². The van der Waals surface area contributed by atoms with Crippen LogP contribution in [0, 0.1) is 0 Å². The molecule has 0 spiro atoms. The van der Waals surface area contributed by atoms with Crippen molar-refractivity contribution in [3.8, 4) is 0 Å². The van der Waals surface area contributed by atoms with E-state index in [1.165, 1.54) is 6.39 Å². The maximum atomic E-state index is 5.03. The molecule has 0 amide bonds. The molecule has 0 unspecified atom stereocenters. The van der Waals surface area contributed by atoms with E-state index in [-0.39, 0.29) is 0 Å². The highest BCUT2D eigenvalue weighted by Crippen LogP contribution is 2.11. The molecule has 0 aliphatic heterocycles. The Bertz CT molecular complexity index is 371. The lowest BCUT2D eigenvalue weighted by Crippen LogP contribution is -1.83. The summed E-state index contributed by atoms with van der Waals surface area (Å²) in [6.45, 7) is 0. The van der Waals surface area contributed by atoms with Gasteiger partial charge in [-0.2, -0.15) is 4.98 Å². The van der Waals surface area contributed by atoms with E-state index in [1.54, 1.807) is 0 Å². The lowest BCUT2D eigenvalue weighted by atomic mass is 10.4. The molecule has 0 atom stereocenters. The van der Waals surface area contributed by atoms with Gasteiger partial charge in [0, 0.05) is 5.33 Å². The molecule has 0 radical (unpaired) electrons. The van der Waals surface area contributed by atoms with Crippen molar-refractivity contribution in [2.75, 3.05) is 0 Å². The summed E-state index contributed by atoms with van der Waals surface area (Å²) in [5, 5.41) is 0.746. The number of pyridine rings is 1. The largest absolute Gasteiger partial charge is 0.442 e. The van der Waals surface area contributed by atoms with Crippen molar-refractivity contribution in [2.45, 2.75) is 5.33 Å². The molecular weight excluding hydrogens is 208 g/mol. The molecule has 2 rings (SSSR count). The first-order valence-electron chi connectivity index (χ1n) is 3.15. The predicted octanol–water partition coefficient (Wildman–Crippen LogP) is 2.12. The molecule has 0 saturated carbocycles. The number of fused-ring (bicyclic) bond motifs is 1. The SMILES string of the molecule is BrCc1ccc2ocnc2n1. The molecular formula is C7H5BrN2O. The van der Waals surface area contributed by atoms with E-state index in [1.807, 2.05) is 12.1 Å². The maximum Gasteiger partial charge on any atom is 0.198 e. The fraction of sp³-hybridized carbons (Fsp3) is 0.143. The summed E-state index contributed by atoms with van der Waals surface area (Å²) in [5.74, 6) is 0. The smallest absolute Gasteiger partial charge is 0.198 e. The van der Waals surface area contributed by atoms with E-state index in [2.05, 4.69) is 25.9 Å². The molecule has 0 aromatic carbocycles. The second-order valence-electron chi connectivity index (χ2n) is 2.11. The van der Waals surface area contributed by atoms with Gasteiger partial charge in [0.25, 0.3) is 0 Å². The van der Waals surface area contributed by atoms with Gasteiger partial charge in [-0.25, -0.2) is 4.98 Å².